The molecule has 1 aliphatic carbocycles. The minimum absolute atomic E-state index is 0.000372. The first-order valence-electron chi connectivity index (χ1n) is 7.63. The van der Waals surface area contributed by atoms with Crippen molar-refractivity contribution in [2.75, 3.05) is 6.61 Å². The SMILES string of the molecule is CCOC(=O)C(C(=O)c1ccc(C(F)(F)F)cc1)[C@@H]1CCC(=O)C1. The quantitative estimate of drug-likeness (QED) is 0.467. The molecule has 1 aromatic carbocycles. The van der Waals surface area contributed by atoms with Crippen LogP contribution in [0.25, 0.3) is 0 Å². The summed E-state index contributed by atoms with van der Waals surface area (Å²) in [6.07, 6.45) is -3.70. The van der Waals surface area contributed by atoms with Crippen LogP contribution in [0.3, 0.4) is 0 Å². The molecule has 0 radical (unpaired) electrons. The molecule has 130 valence electrons. The Balaban J connectivity index is 2.26. The maximum Gasteiger partial charge on any atom is 0.416 e. The van der Waals surface area contributed by atoms with E-state index in [-0.39, 0.29) is 24.4 Å². The molecule has 1 unspecified atom stereocenters. The van der Waals surface area contributed by atoms with Crippen LogP contribution < -0.4 is 0 Å². The third-order valence-electron chi connectivity index (χ3n) is 4.07. The van der Waals surface area contributed by atoms with Gasteiger partial charge in [0.05, 0.1) is 12.2 Å². The smallest absolute Gasteiger partial charge is 0.416 e. The molecule has 1 fully saturated rings. The highest BCUT2D eigenvalue weighted by Gasteiger charge is 2.40. The van der Waals surface area contributed by atoms with Crippen molar-refractivity contribution in [2.24, 2.45) is 11.8 Å². The molecule has 0 heterocycles. The molecule has 0 aliphatic heterocycles. The van der Waals surface area contributed by atoms with Crippen molar-refractivity contribution in [3.63, 3.8) is 0 Å². The monoisotopic (exact) mass is 342 g/mol. The van der Waals surface area contributed by atoms with Gasteiger partial charge < -0.3 is 4.74 Å². The molecule has 0 spiro atoms. The Bertz CT molecular complexity index is 634. The molecular formula is C17H17F3O4. The van der Waals surface area contributed by atoms with E-state index in [4.69, 9.17) is 4.74 Å². The lowest BCUT2D eigenvalue weighted by atomic mass is 9.84. The first-order valence-corrected chi connectivity index (χ1v) is 7.63. The van der Waals surface area contributed by atoms with Crippen LogP contribution in [0.1, 0.15) is 42.1 Å². The Labute approximate surface area is 137 Å². The normalized spacial score (nSPS) is 19.2. The van der Waals surface area contributed by atoms with E-state index in [1.54, 1.807) is 6.92 Å². The first-order chi connectivity index (χ1) is 11.2. The second-order valence-electron chi connectivity index (χ2n) is 5.71. The number of ether oxygens (including phenoxy) is 1. The van der Waals surface area contributed by atoms with E-state index in [0.29, 0.717) is 12.8 Å². The molecule has 2 atom stereocenters. The lowest BCUT2D eigenvalue weighted by Gasteiger charge is -2.20. The van der Waals surface area contributed by atoms with Gasteiger partial charge in [-0.15, -0.1) is 0 Å². The summed E-state index contributed by atoms with van der Waals surface area (Å²) in [5.74, 6) is -3.00. The van der Waals surface area contributed by atoms with E-state index in [9.17, 15) is 27.6 Å². The van der Waals surface area contributed by atoms with Crippen molar-refractivity contribution in [1.82, 2.24) is 0 Å². The topological polar surface area (TPSA) is 60.4 Å². The van der Waals surface area contributed by atoms with Gasteiger partial charge in [0, 0.05) is 18.4 Å². The van der Waals surface area contributed by atoms with Gasteiger partial charge in [0.2, 0.25) is 0 Å². The van der Waals surface area contributed by atoms with Crippen LogP contribution in [-0.4, -0.2) is 24.1 Å². The molecule has 0 amide bonds. The summed E-state index contributed by atoms with van der Waals surface area (Å²) < 4.78 is 42.7. The van der Waals surface area contributed by atoms with Crippen molar-refractivity contribution < 1.29 is 32.3 Å². The number of carbonyl (C=O) groups excluding carboxylic acids is 3. The van der Waals surface area contributed by atoms with Crippen LogP contribution in [0.2, 0.25) is 0 Å². The molecule has 24 heavy (non-hydrogen) atoms. The second kappa shape index (κ2) is 7.15. The van der Waals surface area contributed by atoms with Gasteiger partial charge in [-0.25, -0.2) is 0 Å². The number of esters is 1. The summed E-state index contributed by atoms with van der Waals surface area (Å²) in [6.45, 7) is 1.67. The maximum absolute atomic E-state index is 12.6. The highest BCUT2D eigenvalue weighted by Crippen LogP contribution is 2.33. The number of benzene rings is 1. The highest BCUT2D eigenvalue weighted by molar-refractivity contribution is 6.09. The molecule has 1 saturated carbocycles. The summed E-state index contributed by atoms with van der Waals surface area (Å²) in [6, 6.07) is 3.70. The van der Waals surface area contributed by atoms with E-state index < -0.39 is 35.3 Å². The molecule has 0 N–H and O–H groups in total. The van der Waals surface area contributed by atoms with E-state index >= 15 is 0 Å². The number of alkyl halides is 3. The van der Waals surface area contributed by atoms with E-state index in [1.807, 2.05) is 0 Å². The number of hydrogen-bond acceptors (Lipinski definition) is 4. The predicted octanol–water partition coefficient (Wildman–Crippen LogP) is 3.44. The van der Waals surface area contributed by atoms with Crippen LogP contribution in [0, 0.1) is 11.8 Å². The lowest BCUT2D eigenvalue weighted by molar-refractivity contribution is -0.147. The van der Waals surface area contributed by atoms with Crippen molar-refractivity contribution in [3.05, 3.63) is 35.4 Å². The van der Waals surface area contributed by atoms with Gasteiger partial charge in [-0.2, -0.15) is 13.2 Å². The second-order valence-corrected chi connectivity index (χ2v) is 5.71. The molecule has 0 bridgehead atoms. The van der Waals surface area contributed by atoms with E-state index in [2.05, 4.69) is 0 Å². The van der Waals surface area contributed by atoms with Gasteiger partial charge in [-0.3, -0.25) is 14.4 Å². The average Bonchev–Trinajstić information content (AvgIpc) is 2.93. The van der Waals surface area contributed by atoms with Crippen LogP contribution in [0.4, 0.5) is 13.2 Å². The fourth-order valence-corrected chi connectivity index (χ4v) is 2.88. The number of carbonyl (C=O) groups is 3. The van der Waals surface area contributed by atoms with Crippen molar-refractivity contribution in [1.29, 1.82) is 0 Å². The Morgan fingerprint density at radius 2 is 1.88 bits per heavy atom. The zero-order valence-corrected chi connectivity index (χ0v) is 13.1. The van der Waals surface area contributed by atoms with E-state index in [1.165, 1.54) is 0 Å². The number of ketones is 2. The average molecular weight is 342 g/mol. The fourth-order valence-electron chi connectivity index (χ4n) is 2.88. The highest BCUT2D eigenvalue weighted by atomic mass is 19.4. The summed E-state index contributed by atoms with van der Waals surface area (Å²) in [5, 5.41) is 0. The Kier molecular flexibility index (Phi) is 5.41. The van der Waals surface area contributed by atoms with Gasteiger partial charge in [-0.05, 0) is 31.4 Å². The Hall–Kier alpha value is -2.18. The lowest BCUT2D eigenvalue weighted by Crippen LogP contribution is -2.32. The van der Waals surface area contributed by atoms with Crippen molar-refractivity contribution in [2.45, 2.75) is 32.4 Å². The predicted molar refractivity (Wildman–Crippen MR) is 78.2 cm³/mol. The molecule has 7 heteroatoms. The van der Waals surface area contributed by atoms with Gasteiger partial charge in [0.15, 0.2) is 5.78 Å². The minimum atomic E-state index is -4.50. The maximum atomic E-state index is 12.6. The van der Waals surface area contributed by atoms with E-state index in [0.717, 1.165) is 24.3 Å². The molecule has 0 aromatic heterocycles. The summed E-state index contributed by atoms with van der Waals surface area (Å²) in [4.78, 5) is 36.2. The zero-order chi connectivity index (χ0) is 17.9. The molecule has 0 saturated heterocycles. The zero-order valence-electron chi connectivity index (χ0n) is 13.1. The van der Waals surface area contributed by atoms with Crippen LogP contribution in [0.15, 0.2) is 24.3 Å². The number of Topliss-reactive ketones (excluding diaryl/α,β-unsaturated/α-hetero) is 2. The first kappa shape index (κ1) is 18.2. The van der Waals surface area contributed by atoms with Gasteiger partial charge in [0.25, 0.3) is 0 Å². The molecule has 2 rings (SSSR count). The standard InChI is InChI=1S/C17H17F3O4/c1-2-24-16(23)14(11-5-8-13(21)9-11)15(22)10-3-6-12(7-4-10)17(18,19)20/h3-4,6-7,11,14H,2,5,8-9H2,1H3/t11-,14?/m1/s1. The third kappa shape index (κ3) is 4.01. The molecule has 1 aliphatic rings. The van der Waals surface area contributed by atoms with Crippen LogP contribution >= 0.6 is 0 Å². The summed E-state index contributed by atoms with van der Waals surface area (Å²) in [5.41, 5.74) is -0.872. The number of hydrogen-bond donors (Lipinski definition) is 0. The Morgan fingerprint density at radius 1 is 1.25 bits per heavy atom. The largest absolute Gasteiger partial charge is 0.465 e. The van der Waals surface area contributed by atoms with Crippen molar-refractivity contribution in [3.8, 4) is 0 Å². The molecule has 1 aromatic rings. The summed E-state index contributed by atoms with van der Waals surface area (Å²) >= 11 is 0. The van der Waals surface area contributed by atoms with Crippen molar-refractivity contribution >= 4 is 17.5 Å². The Morgan fingerprint density at radius 3 is 2.33 bits per heavy atom. The minimum Gasteiger partial charge on any atom is -0.465 e. The van der Waals surface area contributed by atoms with Gasteiger partial charge in [0.1, 0.15) is 11.7 Å². The van der Waals surface area contributed by atoms with Crippen LogP contribution in [-0.2, 0) is 20.5 Å². The number of halogens is 3. The summed E-state index contributed by atoms with van der Waals surface area (Å²) in [7, 11) is 0. The van der Waals surface area contributed by atoms with Crippen LogP contribution in [0.5, 0.6) is 0 Å². The number of rotatable bonds is 5. The van der Waals surface area contributed by atoms with Gasteiger partial charge in [-0.1, -0.05) is 12.1 Å². The third-order valence-corrected chi connectivity index (χ3v) is 4.07. The van der Waals surface area contributed by atoms with Gasteiger partial charge >= 0.3 is 12.1 Å². The molecular weight excluding hydrogens is 325 g/mol. The molecule has 4 nitrogen and oxygen atoms in total. The fraction of sp³-hybridized carbons (Fsp3) is 0.471.